The van der Waals surface area contributed by atoms with Crippen molar-refractivity contribution in [2.45, 2.75) is 13.0 Å². The summed E-state index contributed by atoms with van der Waals surface area (Å²) in [6, 6.07) is 9.96. The monoisotopic (exact) mass is 299 g/mol. The van der Waals surface area contributed by atoms with Crippen molar-refractivity contribution in [1.82, 2.24) is 9.55 Å². The van der Waals surface area contributed by atoms with Crippen LogP contribution in [0.15, 0.2) is 41.5 Å². The summed E-state index contributed by atoms with van der Waals surface area (Å²) in [5, 5.41) is 8.59. The van der Waals surface area contributed by atoms with Crippen LogP contribution in [0, 0.1) is 17.1 Å². The van der Waals surface area contributed by atoms with Crippen molar-refractivity contribution in [3.8, 4) is 16.5 Å². The molecule has 3 aromatic rings. The largest absolute Gasteiger partial charge is 0.297 e. The van der Waals surface area contributed by atoms with Gasteiger partial charge in [-0.2, -0.15) is 5.26 Å². The number of rotatable bonds is 3. The number of halogens is 1. The van der Waals surface area contributed by atoms with E-state index in [-0.39, 0.29) is 17.8 Å². The van der Waals surface area contributed by atoms with Crippen LogP contribution in [-0.2, 0) is 6.54 Å². The van der Waals surface area contributed by atoms with Gasteiger partial charge in [-0.15, -0.1) is 11.3 Å². The first-order valence-corrected chi connectivity index (χ1v) is 7.12. The Hall–Kier alpha value is -2.52. The Morgan fingerprint density at radius 2 is 2.10 bits per heavy atom. The van der Waals surface area contributed by atoms with E-state index in [4.69, 9.17) is 5.26 Å². The number of nitrogens with zero attached hydrogens (tertiary/aromatic N) is 3. The van der Waals surface area contributed by atoms with Crippen molar-refractivity contribution < 1.29 is 4.39 Å². The summed E-state index contributed by atoms with van der Waals surface area (Å²) in [5.41, 5.74) is 1.33. The Bertz CT molecular complexity index is 890. The number of benzene rings is 1. The molecule has 0 spiro atoms. The second-order valence-corrected chi connectivity index (χ2v) is 5.54. The molecule has 21 heavy (non-hydrogen) atoms. The first kappa shape index (κ1) is 13.5. The minimum Gasteiger partial charge on any atom is -0.297 e. The standard InChI is InChI=1S/C15H10FN3OS/c16-11-4-2-10(3-5-11)13-8-12-14(21-13)15(20)19(9-18-12)7-1-6-17/h2-5,8-9H,1,7H2. The first-order valence-electron chi connectivity index (χ1n) is 6.31. The maximum atomic E-state index is 13.0. The van der Waals surface area contributed by atoms with E-state index in [1.54, 1.807) is 12.1 Å². The lowest BCUT2D eigenvalue weighted by molar-refractivity contribution is 0.628. The number of aryl methyl sites for hydroxylation is 1. The minimum absolute atomic E-state index is 0.145. The van der Waals surface area contributed by atoms with Crippen molar-refractivity contribution in [2.75, 3.05) is 0 Å². The summed E-state index contributed by atoms with van der Waals surface area (Å²) in [6.07, 6.45) is 1.73. The molecule has 0 saturated carbocycles. The van der Waals surface area contributed by atoms with Crippen LogP contribution < -0.4 is 5.56 Å². The third-order valence-electron chi connectivity index (χ3n) is 3.10. The van der Waals surface area contributed by atoms with E-state index in [0.29, 0.717) is 16.8 Å². The third-order valence-corrected chi connectivity index (χ3v) is 4.26. The molecule has 1 aromatic carbocycles. The highest BCUT2D eigenvalue weighted by atomic mass is 32.1. The number of fused-ring (bicyclic) bond motifs is 1. The molecule has 2 heterocycles. The zero-order chi connectivity index (χ0) is 14.8. The molecule has 4 nitrogen and oxygen atoms in total. The molecule has 104 valence electrons. The second kappa shape index (κ2) is 5.46. The highest BCUT2D eigenvalue weighted by Crippen LogP contribution is 2.30. The molecule has 0 aliphatic carbocycles. The molecule has 0 N–H and O–H groups in total. The predicted molar refractivity (Wildman–Crippen MR) is 79.5 cm³/mol. The molecule has 3 rings (SSSR count). The summed E-state index contributed by atoms with van der Waals surface area (Å²) in [5.74, 6) is -0.295. The highest BCUT2D eigenvalue weighted by molar-refractivity contribution is 7.22. The zero-order valence-electron chi connectivity index (χ0n) is 10.9. The minimum atomic E-state index is -0.295. The van der Waals surface area contributed by atoms with Crippen LogP contribution in [0.4, 0.5) is 4.39 Å². The predicted octanol–water partition coefficient (Wildman–Crippen LogP) is 3.18. The molecule has 0 bridgehead atoms. The number of aromatic nitrogens is 2. The molecule has 0 aliphatic rings. The van der Waals surface area contributed by atoms with Gasteiger partial charge in [0.05, 0.1) is 24.3 Å². The normalized spacial score (nSPS) is 10.7. The second-order valence-electron chi connectivity index (χ2n) is 4.48. The van der Waals surface area contributed by atoms with Crippen molar-refractivity contribution in [1.29, 1.82) is 5.26 Å². The Labute approximate surface area is 123 Å². The molecule has 0 fully saturated rings. The van der Waals surface area contributed by atoms with E-state index in [1.165, 1.54) is 34.4 Å². The van der Waals surface area contributed by atoms with Crippen LogP contribution in [0.25, 0.3) is 20.7 Å². The summed E-state index contributed by atoms with van der Waals surface area (Å²) >= 11 is 1.33. The van der Waals surface area contributed by atoms with Gasteiger partial charge >= 0.3 is 0 Å². The molecule has 0 amide bonds. The molecule has 0 unspecified atom stereocenters. The van der Waals surface area contributed by atoms with E-state index in [0.717, 1.165) is 10.4 Å². The fraction of sp³-hybridized carbons (Fsp3) is 0.133. The van der Waals surface area contributed by atoms with Crippen LogP contribution >= 0.6 is 11.3 Å². The van der Waals surface area contributed by atoms with E-state index >= 15 is 0 Å². The van der Waals surface area contributed by atoms with Crippen molar-refractivity contribution in [3.05, 3.63) is 52.8 Å². The van der Waals surface area contributed by atoms with E-state index < -0.39 is 0 Å². The molecule has 6 heteroatoms. The van der Waals surface area contributed by atoms with Crippen LogP contribution in [0.1, 0.15) is 6.42 Å². The van der Waals surface area contributed by atoms with Gasteiger partial charge in [0.2, 0.25) is 0 Å². The van der Waals surface area contributed by atoms with Gasteiger partial charge < -0.3 is 0 Å². The van der Waals surface area contributed by atoms with Gasteiger partial charge in [0.15, 0.2) is 0 Å². The number of nitriles is 1. The Balaban J connectivity index is 2.08. The average Bonchev–Trinajstić information content (AvgIpc) is 2.92. The van der Waals surface area contributed by atoms with Crippen molar-refractivity contribution in [3.63, 3.8) is 0 Å². The number of hydrogen-bond donors (Lipinski definition) is 0. The molecule has 0 saturated heterocycles. The smallest absolute Gasteiger partial charge is 0.271 e. The van der Waals surface area contributed by atoms with Crippen molar-refractivity contribution in [2.24, 2.45) is 0 Å². The fourth-order valence-corrected chi connectivity index (χ4v) is 3.10. The molecule has 0 atom stereocenters. The van der Waals surface area contributed by atoms with Crippen molar-refractivity contribution >= 4 is 21.6 Å². The Morgan fingerprint density at radius 3 is 2.81 bits per heavy atom. The van der Waals surface area contributed by atoms with Crippen LogP contribution in [0.2, 0.25) is 0 Å². The molecule has 0 radical (unpaired) electrons. The Kier molecular flexibility index (Phi) is 3.50. The lowest BCUT2D eigenvalue weighted by Crippen LogP contribution is -2.19. The summed E-state index contributed by atoms with van der Waals surface area (Å²) in [7, 11) is 0. The van der Waals surface area contributed by atoms with E-state index in [2.05, 4.69) is 4.98 Å². The molecular formula is C15H10FN3OS. The van der Waals surface area contributed by atoms with Gasteiger partial charge in [-0.3, -0.25) is 9.36 Å². The number of thiophene rings is 1. The first-order chi connectivity index (χ1) is 10.2. The maximum Gasteiger partial charge on any atom is 0.271 e. The van der Waals surface area contributed by atoms with Gasteiger partial charge in [0, 0.05) is 11.4 Å². The van der Waals surface area contributed by atoms with E-state index in [9.17, 15) is 9.18 Å². The third kappa shape index (κ3) is 2.56. The van der Waals surface area contributed by atoms with Gasteiger partial charge in [-0.05, 0) is 23.8 Å². The number of hydrogen-bond acceptors (Lipinski definition) is 4. The van der Waals surface area contributed by atoms with Gasteiger partial charge in [0.1, 0.15) is 10.5 Å². The summed E-state index contributed by atoms with van der Waals surface area (Å²) in [4.78, 5) is 17.4. The Morgan fingerprint density at radius 1 is 1.33 bits per heavy atom. The SMILES string of the molecule is N#CCCn1cnc2cc(-c3ccc(F)cc3)sc2c1=O. The van der Waals surface area contributed by atoms with Gasteiger partial charge in [0.25, 0.3) is 5.56 Å². The lowest BCUT2D eigenvalue weighted by atomic mass is 10.2. The topological polar surface area (TPSA) is 58.7 Å². The summed E-state index contributed by atoms with van der Waals surface area (Å²) < 4.78 is 14.9. The maximum absolute atomic E-state index is 13.0. The lowest BCUT2D eigenvalue weighted by Gasteiger charge is -2.00. The summed E-state index contributed by atoms with van der Waals surface area (Å²) in [6.45, 7) is 0.335. The van der Waals surface area contributed by atoms with Crippen LogP contribution in [0.5, 0.6) is 0 Å². The fourth-order valence-electron chi connectivity index (χ4n) is 2.03. The molecule has 0 aliphatic heterocycles. The average molecular weight is 299 g/mol. The van der Waals surface area contributed by atoms with Gasteiger partial charge in [-0.25, -0.2) is 9.37 Å². The highest BCUT2D eigenvalue weighted by Gasteiger charge is 2.10. The van der Waals surface area contributed by atoms with Crippen LogP contribution in [0.3, 0.4) is 0 Å². The quantitative estimate of drug-likeness (QED) is 0.746. The van der Waals surface area contributed by atoms with E-state index in [1.807, 2.05) is 12.1 Å². The van der Waals surface area contributed by atoms with Crippen LogP contribution in [-0.4, -0.2) is 9.55 Å². The zero-order valence-corrected chi connectivity index (χ0v) is 11.7. The molecule has 2 aromatic heterocycles. The molecular weight excluding hydrogens is 289 g/mol. The van der Waals surface area contributed by atoms with Gasteiger partial charge in [-0.1, -0.05) is 12.1 Å².